The zero-order chi connectivity index (χ0) is 13.3. The normalized spacial score (nSPS) is 24.1. The zero-order valence-corrected chi connectivity index (χ0v) is 11.0. The fourth-order valence-corrected chi connectivity index (χ4v) is 2.38. The molecule has 2 unspecified atom stereocenters. The van der Waals surface area contributed by atoms with E-state index in [1.807, 2.05) is 19.1 Å². The van der Waals surface area contributed by atoms with Crippen LogP contribution in [0.5, 0.6) is 0 Å². The van der Waals surface area contributed by atoms with Crippen molar-refractivity contribution < 1.29 is 4.92 Å². The van der Waals surface area contributed by atoms with Gasteiger partial charge in [0, 0.05) is 31.2 Å². The van der Waals surface area contributed by atoms with Crippen molar-refractivity contribution in [2.75, 3.05) is 18.0 Å². The molecule has 0 bridgehead atoms. The second-order valence-electron chi connectivity index (χ2n) is 5.06. The van der Waals surface area contributed by atoms with Crippen molar-refractivity contribution >= 4 is 11.4 Å². The Morgan fingerprint density at radius 3 is 2.83 bits per heavy atom. The monoisotopic (exact) mass is 249 g/mol. The summed E-state index contributed by atoms with van der Waals surface area (Å²) in [5.41, 5.74) is 1.85. The maximum atomic E-state index is 11.2. The summed E-state index contributed by atoms with van der Waals surface area (Å²) in [6.07, 6.45) is 0. The summed E-state index contributed by atoms with van der Waals surface area (Å²) in [6.45, 7) is 7.71. The Bertz CT molecular complexity index is 462. The standard InChI is InChI=1S/C13H19N3O2/c1-9-4-5-12(13(6-9)16(17)18)15-8-10(2)14-7-11(15)3/h4-6,10-11,14H,7-8H2,1-3H3. The van der Waals surface area contributed by atoms with Crippen molar-refractivity contribution in [1.29, 1.82) is 0 Å². The maximum Gasteiger partial charge on any atom is 0.292 e. The van der Waals surface area contributed by atoms with Gasteiger partial charge in [-0.1, -0.05) is 6.07 Å². The molecule has 2 rings (SSSR count). The number of nitro groups is 1. The topological polar surface area (TPSA) is 58.4 Å². The van der Waals surface area contributed by atoms with E-state index in [1.165, 1.54) is 0 Å². The molecule has 0 saturated carbocycles. The molecular weight excluding hydrogens is 230 g/mol. The van der Waals surface area contributed by atoms with Crippen molar-refractivity contribution in [3.05, 3.63) is 33.9 Å². The summed E-state index contributed by atoms with van der Waals surface area (Å²) < 4.78 is 0. The zero-order valence-electron chi connectivity index (χ0n) is 11.0. The summed E-state index contributed by atoms with van der Waals surface area (Å²) in [7, 11) is 0. The van der Waals surface area contributed by atoms with Crippen LogP contribution in [0.15, 0.2) is 18.2 Å². The molecule has 1 aromatic carbocycles. The molecule has 5 heteroatoms. The Morgan fingerprint density at radius 1 is 1.44 bits per heavy atom. The van der Waals surface area contributed by atoms with Gasteiger partial charge in [-0.2, -0.15) is 0 Å². The van der Waals surface area contributed by atoms with Crippen LogP contribution in [-0.2, 0) is 0 Å². The SMILES string of the molecule is Cc1ccc(N2CC(C)NCC2C)c([N+](=O)[O-])c1. The molecule has 0 spiro atoms. The van der Waals surface area contributed by atoms with Crippen molar-refractivity contribution in [2.24, 2.45) is 0 Å². The van der Waals surface area contributed by atoms with Gasteiger partial charge in [0.25, 0.3) is 5.69 Å². The van der Waals surface area contributed by atoms with Crippen LogP contribution in [0.3, 0.4) is 0 Å². The molecule has 1 N–H and O–H groups in total. The van der Waals surface area contributed by atoms with Gasteiger partial charge in [-0.05, 0) is 32.4 Å². The van der Waals surface area contributed by atoms with Gasteiger partial charge in [0.2, 0.25) is 0 Å². The van der Waals surface area contributed by atoms with Gasteiger partial charge in [0.15, 0.2) is 0 Å². The van der Waals surface area contributed by atoms with E-state index >= 15 is 0 Å². The Morgan fingerprint density at radius 2 is 2.17 bits per heavy atom. The number of piperazine rings is 1. The lowest BCUT2D eigenvalue weighted by atomic mass is 10.1. The highest BCUT2D eigenvalue weighted by Crippen LogP contribution is 2.31. The Hall–Kier alpha value is -1.62. The van der Waals surface area contributed by atoms with Crippen molar-refractivity contribution in [3.63, 3.8) is 0 Å². The number of hydrogen-bond donors (Lipinski definition) is 1. The molecule has 98 valence electrons. The number of nitrogens with one attached hydrogen (secondary N) is 1. The third kappa shape index (κ3) is 2.46. The predicted octanol–water partition coefficient (Wildman–Crippen LogP) is 2.09. The summed E-state index contributed by atoms with van der Waals surface area (Å²) >= 11 is 0. The lowest BCUT2D eigenvalue weighted by Gasteiger charge is -2.38. The smallest absolute Gasteiger partial charge is 0.292 e. The lowest BCUT2D eigenvalue weighted by Crippen LogP contribution is -2.54. The highest BCUT2D eigenvalue weighted by atomic mass is 16.6. The minimum atomic E-state index is -0.290. The third-order valence-electron chi connectivity index (χ3n) is 3.40. The van der Waals surface area contributed by atoms with E-state index in [9.17, 15) is 10.1 Å². The number of anilines is 1. The van der Waals surface area contributed by atoms with Gasteiger partial charge in [-0.3, -0.25) is 10.1 Å². The van der Waals surface area contributed by atoms with Crippen molar-refractivity contribution in [2.45, 2.75) is 32.9 Å². The molecule has 0 radical (unpaired) electrons. The average molecular weight is 249 g/mol. The van der Waals surface area contributed by atoms with Gasteiger partial charge in [-0.15, -0.1) is 0 Å². The number of aryl methyl sites for hydroxylation is 1. The van der Waals surface area contributed by atoms with Gasteiger partial charge < -0.3 is 10.2 Å². The first-order chi connectivity index (χ1) is 8.49. The minimum absolute atomic E-state index is 0.205. The number of benzene rings is 1. The fraction of sp³-hybridized carbons (Fsp3) is 0.538. The molecule has 1 aromatic rings. The minimum Gasteiger partial charge on any atom is -0.360 e. The van der Waals surface area contributed by atoms with E-state index in [1.54, 1.807) is 6.07 Å². The van der Waals surface area contributed by atoms with Gasteiger partial charge in [0.05, 0.1) is 4.92 Å². The third-order valence-corrected chi connectivity index (χ3v) is 3.40. The molecule has 2 atom stereocenters. The molecule has 1 saturated heterocycles. The quantitative estimate of drug-likeness (QED) is 0.644. The van der Waals surface area contributed by atoms with Crippen molar-refractivity contribution in [1.82, 2.24) is 5.32 Å². The Labute approximate surface area is 107 Å². The molecule has 0 aromatic heterocycles. The fourth-order valence-electron chi connectivity index (χ4n) is 2.38. The second-order valence-corrected chi connectivity index (χ2v) is 5.06. The molecule has 1 heterocycles. The molecule has 1 aliphatic heterocycles. The van der Waals surface area contributed by atoms with E-state index < -0.39 is 0 Å². The summed E-state index contributed by atoms with van der Waals surface area (Å²) in [6, 6.07) is 6.06. The summed E-state index contributed by atoms with van der Waals surface area (Å²) in [5, 5.41) is 14.5. The number of hydrogen-bond acceptors (Lipinski definition) is 4. The predicted molar refractivity (Wildman–Crippen MR) is 72.1 cm³/mol. The average Bonchev–Trinajstić information content (AvgIpc) is 2.32. The molecular formula is C13H19N3O2. The van der Waals surface area contributed by atoms with Gasteiger partial charge >= 0.3 is 0 Å². The van der Waals surface area contributed by atoms with E-state index in [0.29, 0.717) is 6.04 Å². The summed E-state index contributed by atoms with van der Waals surface area (Å²) in [4.78, 5) is 13.0. The van der Waals surface area contributed by atoms with Crippen LogP contribution in [0.1, 0.15) is 19.4 Å². The van der Waals surface area contributed by atoms with Crippen LogP contribution in [0, 0.1) is 17.0 Å². The van der Waals surface area contributed by atoms with E-state index in [2.05, 4.69) is 24.1 Å². The van der Waals surface area contributed by atoms with Gasteiger partial charge in [-0.25, -0.2) is 0 Å². The van der Waals surface area contributed by atoms with E-state index in [-0.39, 0.29) is 16.7 Å². The first kappa shape index (κ1) is 12.8. The number of nitro benzene ring substituents is 1. The first-order valence-electron chi connectivity index (χ1n) is 6.24. The highest BCUT2D eigenvalue weighted by Gasteiger charge is 2.27. The van der Waals surface area contributed by atoms with Crippen LogP contribution in [-0.4, -0.2) is 30.1 Å². The van der Waals surface area contributed by atoms with E-state index in [0.717, 1.165) is 24.3 Å². The van der Waals surface area contributed by atoms with Crippen LogP contribution < -0.4 is 10.2 Å². The number of nitrogens with zero attached hydrogens (tertiary/aromatic N) is 2. The van der Waals surface area contributed by atoms with Crippen LogP contribution in [0.4, 0.5) is 11.4 Å². The van der Waals surface area contributed by atoms with Crippen LogP contribution >= 0.6 is 0 Å². The summed E-state index contributed by atoms with van der Waals surface area (Å²) in [5.74, 6) is 0. The number of rotatable bonds is 2. The maximum absolute atomic E-state index is 11.2. The van der Waals surface area contributed by atoms with Crippen LogP contribution in [0.2, 0.25) is 0 Å². The Kier molecular flexibility index (Phi) is 3.52. The van der Waals surface area contributed by atoms with Crippen molar-refractivity contribution in [3.8, 4) is 0 Å². The Balaban J connectivity index is 2.40. The molecule has 1 fully saturated rings. The first-order valence-corrected chi connectivity index (χ1v) is 6.24. The molecule has 18 heavy (non-hydrogen) atoms. The molecule has 0 aliphatic carbocycles. The molecule has 5 nitrogen and oxygen atoms in total. The largest absolute Gasteiger partial charge is 0.360 e. The lowest BCUT2D eigenvalue weighted by molar-refractivity contribution is -0.384. The second kappa shape index (κ2) is 4.94. The van der Waals surface area contributed by atoms with Crippen LogP contribution in [0.25, 0.3) is 0 Å². The highest BCUT2D eigenvalue weighted by molar-refractivity contribution is 5.65. The van der Waals surface area contributed by atoms with E-state index in [4.69, 9.17) is 0 Å². The molecule has 1 aliphatic rings. The van der Waals surface area contributed by atoms with Gasteiger partial charge in [0.1, 0.15) is 5.69 Å². The molecule has 0 amide bonds.